The fourth-order valence-corrected chi connectivity index (χ4v) is 2.90. The summed E-state index contributed by atoms with van der Waals surface area (Å²) < 4.78 is 1.99. The van der Waals surface area contributed by atoms with Crippen molar-refractivity contribution in [3.05, 3.63) is 53.6 Å². The van der Waals surface area contributed by atoms with Gasteiger partial charge in [-0.25, -0.2) is 4.98 Å². The van der Waals surface area contributed by atoms with Crippen LogP contribution in [0.4, 0.5) is 0 Å². The first-order valence-electron chi connectivity index (χ1n) is 7.46. The van der Waals surface area contributed by atoms with Crippen molar-refractivity contribution in [3.63, 3.8) is 0 Å². The molecule has 4 nitrogen and oxygen atoms in total. The van der Waals surface area contributed by atoms with Gasteiger partial charge >= 0.3 is 0 Å². The van der Waals surface area contributed by atoms with E-state index in [1.165, 1.54) is 11.1 Å². The average molecular weight is 283 g/mol. The Kier molecular flexibility index (Phi) is 3.78. The van der Waals surface area contributed by atoms with Crippen LogP contribution < -0.4 is 5.32 Å². The summed E-state index contributed by atoms with van der Waals surface area (Å²) in [6.07, 6.45) is 5.45. The zero-order valence-corrected chi connectivity index (χ0v) is 12.5. The van der Waals surface area contributed by atoms with E-state index in [4.69, 9.17) is 0 Å². The highest BCUT2D eigenvalue weighted by molar-refractivity contribution is 5.83. The Morgan fingerprint density at radius 3 is 2.95 bits per heavy atom. The molecule has 1 aliphatic carbocycles. The molecule has 1 fully saturated rings. The number of nitrogens with one attached hydrogen (secondary N) is 1. The number of amides is 1. The van der Waals surface area contributed by atoms with E-state index in [1.807, 2.05) is 23.9 Å². The summed E-state index contributed by atoms with van der Waals surface area (Å²) in [5, 5.41) is 3.04. The fourth-order valence-electron chi connectivity index (χ4n) is 2.90. The van der Waals surface area contributed by atoms with Gasteiger partial charge in [0.25, 0.3) is 0 Å². The van der Waals surface area contributed by atoms with Crippen molar-refractivity contribution in [1.29, 1.82) is 0 Å². The van der Waals surface area contributed by atoms with E-state index >= 15 is 0 Å². The van der Waals surface area contributed by atoms with E-state index in [2.05, 4.69) is 35.4 Å². The summed E-state index contributed by atoms with van der Waals surface area (Å²) >= 11 is 0. The van der Waals surface area contributed by atoms with Gasteiger partial charge in [0.05, 0.1) is 0 Å². The summed E-state index contributed by atoms with van der Waals surface area (Å²) in [5.41, 5.74) is 2.60. The van der Waals surface area contributed by atoms with Gasteiger partial charge in [0, 0.05) is 38.3 Å². The lowest BCUT2D eigenvalue weighted by molar-refractivity contribution is -0.122. The molecule has 0 unspecified atom stereocenters. The molecule has 0 radical (unpaired) electrons. The smallest absolute Gasteiger partial charge is 0.223 e. The molecule has 0 saturated heterocycles. The van der Waals surface area contributed by atoms with Gasteiger partial charge in [0.2, 0.25) is 5.91 Å². The van der Waals surface area contributed by atoms with E-state index in [1.54, 1.807) is 6.20 Å². The molecule has 0 aliphatic heterocycles. The molecule has 2 aromatic rings. The van der Waals surface area contributed by atoms with Gasteiger partial charge < -0.3 is 9.88 Å². The van der Waals surface area contributed by atoms with Crippen molar-refractivity contribution in [2.75, 3.05) is 6.54 Å². The van der Waals surface area contributed by atoms with Gasteiger partial charge in [-0.05, 0) is 30.4 Å². The molecule has 3 rings (SSSR count). The minimum atomic E-state index is 0.146. The molecule has 110 valence electrons. The Labute approximate surface area is 125 Å². The van der Waals surface area contributed by atoms with Crippen LogP contribution in [0.5, 0.6) is 0 Å². The number of carbonyl (C=O) groups is 1. The Bertz CT molecular complexity index is 647. The highest BCUT2D eigenvalue weighted by Crippen LogP contribution is 2.48. The fraction of sp³-hybridized carbons (Fsp3) is 0.412. The number of nitrogens with zero attached hydrogens (tertiary/aromatic N) is 2. The highest BCUT2D eigenvalue weighted by atomic mass is 16.2. The van der Waals surface area contributed by atoms with Gasteiger partial charge in [-0.3, -0.25) is 4.79 Å². The minimum absolute atomic E-state index is 0.146. The van der Waals surface area contributed by atoms with Crippen LogP contribution in [0, 0.1) is 12.8 Å². The van der Waals surface area contributed by atoms with E-state index in [0.717, 1.165) is 18.7 Å². The number of hydrogen-bond acceptors (Lipinski definition) is 2. The van der Waals surface area contributed by atoms with Crippen LogP contribution in [0.2, 0.25) is 0 Å². The lowest BCUT2D eigenvalue weighted by Crippen LogP contribution is -2.28. The van der Waals surface area contributed by atoms with Crippen LogP contribution in [0.15, 0.2) is 36.7 Å². The topological polar surface area (TPSA) is 46.9 Å². The van der Waals surface area contributed by atoms with Crippen molar-refractivity contribution >= 4 is 5.91 Å². The molecule has 1 aromatic carbocycles. The van der Waals surface area contributed by atoms with Crippen LogP contribution in [-0.4, -0.2) is 22.0 Å². The first kappa shape index (κ1) is 13.9. The van der Waals surface area contributed by atoms with Crippen LogP contribution in [0.25, 0.3) is 0 Å². The second-order valence-electron chi connectivity index (χ2n) is 5.80. The molecule has 1 N–H and O–H groups in total. The maximum absolute atomic E-state index is 12.2. The van der Waals surface area contributed by atoms with Crippen molar-refractivity contribution in [2.45, 2.75) is 25.7 Å². The molecule has 1 amide bonds. The maximum atomic E-state index is 12.2. The molecule has 1 saturated carbocycles. The van der Waals surface area contributed by atoms with E-state index < -0.39 is 0 Å². The zero-order chi connectivity index (χ0) is 14.8. The number of carbonyl (C=O) groups excluding carboxylic acids is 1. The molecule has 1 aromatic heterocycles. The van der Waals surface area contributed by atoms with E-state index in [9.17, 15) is 4.79 Å². The van der Waals surface area contributed by atoms with E-state index in [0.29, 0.717) is 12.5 Å². The van der Waals surface area contributed by atoms with Gasteiger partial charge in [0.15, 0.2) is 0 Å². The van der Waals surface area contributed by atoms with Gasteiger partial charge in [-0.2, -0.15) is 0 Å². The molecule has 21 heavy (non-hydrogen) atoms. The monoisotopic (exact) mass is 283 g/mol. The first-order chi connectivity index (χ1) is 10.2. The molecule has 1 heterocycles. The van der Waals surface area contributed by atoms with Gasteiger partial charge in [0.1, 0.15) is 5.82 Å². The number of aryl methyl sites for hydroxylation is 2. The maximum Gasteiger partial charge on any atom is 0.223 e. The summed E-state index contributed by atoms with van der Waals surface area (Å²) in [6, 6.07) is 8.35. The third-order valence-electron chi connectivity index (χ3n) is 4.28. The van der Waals surface area contributed by atoms with Crippen LogP contribution in [0.1, 0.15) is 29.3 Å². The molecule has 1 aliphatic rings. The third kappa shape index (κ3) is 2.99. The number of hydrogen-bond donors (Lipinski definition) is 1. The van der Waals surface area contributed by atoms with Crippen LogP contribution in [-0.2, 0) is 18.3 Å². The number of benzene rings is 1. The molecule has 2 atom stereocenters. The zero-order valence-electron chi connectivity index (χ0n) is 12.5. The predicted octanol–water partition coefficient (Wildman–Crippen LogP) is 2.19. The third-order valence-corrected chi connectivity index (χ3v) is 4.28. The van der Waals surface area contributed by atoms with Gasteiger partial charge in [-0.15, -0.1) is 0 Å². The number of aromatic nitrogens is 2. The summed E-state index contributed by atoms with van der Waals surface area (Å²) in [5.74, 6) is 1.73. The second kappa shape index (κ2) is 5.72. The lowest BCUT2D eigenvalue weighted by atomic mass is 10.0. The Morgan fingerprint density at radius 1 is 1.43 bits per heavy atom. The number of rotatable bonds is 5. The minimum Gasteiger partial charge on any atom is -0.355 e. The van der Waals surface area contributed by atoms with Gasteiger partial charge in [-0.1, -0.05) is 24.3 Å². The van der Waals surface area contributed by atoms with Crippen molar-refractivity contribution in [3.8, 4) is 0 Å². The summed E-state index contributed by atoms with van der Waals surface area (Å²) in [4.78, 5) is 16.4. The summed E-state index contributed by atoms with van der Waals surface area (Å²) in [7, 11) is 1.97. The predicted molar refractivity (Wildman–Crippen MR) is 81.9 cm³/mol. The summed E-state index contributed by atoms with van der Waals surface area (Å²) in [6.45, 7) is 2.77. The standard InChI is InChI=1S/C17H21N3O/c1-12-5-3-4-6-13(12)14-11-15(14)17(21)19-8-7-16-18-9-10-20(16)2/h3-6,9-10,14-15H,7-8,11H2,1-2H3,(H,19,21)/t14-,15-/m0/s1. The first-order valence-corrected chi connectivity index (χ1v) is 7.46. The molecular weight excluding hydrogens is 262 g/mol. The Morgan fingerprint density at radius 2 is 2.24 bits per heavy atom. The molecule has 0 spiro atoms. The highest BCUT2D eigenvalue weighted by Gasteiger charge is 2.44. The normalized spacial score (nSPS) is 20.3. The van der Waals surface area contributed by atoms with Crippen molar-refractivity contribution in [2.24, 2.45) is 13.0 Å². The van der Waals surface area contributed by atoms with Crippen molar-refractivity contribution < 1.29 is 4.79 Å². The van der Waals surface area contributed by atoms with Crippen LogP contribution >= 0.6 is 0 Å². The second-order valence-corrected chi connectivity index (χ2v) is 5.80. The molecule has 4 heteroatoms. The number of imidazole rings is 1. The largest absolute Gasteiger partial charge is 0.355 e. The van der Waals surface area contributed by atoms with E-state index in [-0.39, 0.29) is 11.8 Å². The lowest BCUT2D eigenvalue weighted by Gasteiger charge is -2.06. The van der Waals surface area contributed by atoms with Crippen LogP contribution in [0.3, 0.4) is 0 Å². The quantitative estimate of drug-likeness (QED) is 0.914. The SMILES string of the molecule is Cc1ccccc1[C@@H]1C[C@@H]1C(=O)NCCc1nccn1C. The van der Waals surface area contributed by atoms with Crippen molar-refractivity contribution in [1.82, 2.24) is 14.9 Å². The molecule has 0 bridgehead atoms. The average Bonchev–Trinajstić information content (AvgIpc) is 3.17. The Hall–Kier alpha value is -2.10. The Balaban J connectivity index is 1.50. The molecular formula is C17H21N3O.